The highest BCUT2D eigenvalue weighted by molar-refractivity contribution is 6.36. The van der Waals surface area contributed by atoms with Crippen molar-refractivity contribution in [1.29, 1.82) is 0 Å². The molecule has 5 nitrogen and oxygen atoms in total. The van der Waals surface area contributed by atoms with E-state index in [0.717, 1.165) is 0 Å². The smallest absolute Gasteiger partial charge is 0.236 e. The van der Waals surface area contributed by atoms with Gasteiger partial charge in [0.15, 0.2) is 5.78 Å². The van der Waals surface area contributed by atoms with Gasteiger partial charge in [-0.15, -0.1) is 0 Å². The molecule has 1 atom stereocenters. The lowest BCUT2D eigenvalue weighted by molar-refractivity contribution is -0.133. The van der Waals surface area contributed by atoms with Crippen LogP contribution in [0.5, 0.6) is 0 Å². The maximum absolute atomic E-state index is 12.9. The molecule has 3 rings (SSSR count). The lowest BCUT2D eigenvalue weighted by Gasteiger charge is -2.37. The SMILES string of the molecule is CC(=O)N1CCC2(CC1)NC(=O)C(c1ccc(Cl)cc1Cl)C2=O. The highest BCUT2D eigenvalue weighted by Gasteiger charge is 2.54. The van der Waals surface area contributed by atoms with Crippen LogP contribution in [0.4, 0.5) is 0 Å². The number of carbonyl (C=O) groups excluding carboxylic acids is 3. The average Bonchev–Trinajstić information content (AvgIpc) is 2.71. The number of rotatable bonds is 1. The van der Waals surface area contributed by atoms with Gasteiger partial charge < -0.3 is 10.2 Å². The van der Waals surface area contributed by atoms with E-state index in [9.17, 15) is 14.4 Å². The fourth-order valence-electron chi connectivity index (χ4n) is 3.36. The highest BCUT2D eigenvalue weighted by Crippen LogP contribution is 2.39. The first-order valence-electron chi connectivity index (χ1n) is 7.41. The Morgan fingerprint density at radius 2 is 1.91 bits per heavy atom. The zero-order chi connectivity index (χ0) is 16.8. The summed E-state index contributed by atoms with van der Waals surface area (Å²) in [7, 11) is 0. The summed E-state index contributed by atoms with van der Waals surface area (Å²) in [6.45, 7) is 2.42. The van der Waals surface area contributed by atoms with Crippen molar-refractivity contribution in [1.82, 2.24) is 10.2 Å². The molecule has 122 valence electrons. The number of ketones is 1. The molecule has 2 amide bonds. The van der Waals surface area contributed by atoms with Crippen LogP contribution in [0.1, 0.15) is 31.2 Å². The minimum absolute atomic E-state index is 0.0195. The summed E-state index contributed by atoms with van der Waals surface area (Å²) >= 11 is 12.0. The Balaban J connectivity index is 1.87. The summed E-state index contributed by atoms with van der Waals surface area (Å²) in [5.41, 5.74) is -0.416. The van der Waals surface area contributed by atoms with Gasteiger partial charge in [0, 0.05) is 30.1 Å². The van der Waals surface area contributed by atoms with E-state index in [2.05, 4.69) is 5.32 Å². The lowest BCUT2D eigenvalue weighted by Crippen LogP contribution is -2.55. The van der Waals surface area contributed by atoms with E-state index in [0.29, 0.717) is 41.5 Å². The van der Waals surface area contributed by atoms with Gasteiger partial charge in [-0.3, -0.25) is 14.4 Å². The van der Waals surface area contributed by atoms with Crippen LogP contribution in [0, 0.1) is 0 Å². The Morgan fingerprint density at radius 3 is 2.48 bits per heavy atom. The molecule has 7 heteroatoms. The molecule has 0 bridgehead atoms. The van der Waals surface area contributed by atoms with Crippen LogP contribution in [0.25, 0.3) is 0 Å². The molecular formula is C16H16Cl2N2O3. The molecule has 0 aromatic heterocycles. The third-order valence-corrected chi connectivity index (χ3v) is 5.26. The number of hydrogen-bond acceptors (Lipinski definition) is 3. The van der Waals surface area contributed by atoms with E-state index < -0.39 is 11.5 Å². The van der Waals surface area contributed by atoms with E-state index in [1.54, 1.807) is 17.0 Å². The zero-order valence-corrected chi connectivity index (χ0v) is 14.1. The minimum atomic E-state index is -0.913. The number of nitrogens with one attached hydrogen (secondary N) is 1. The molecule has 1 aromatic rings. The predicted molar refractivity (Wildman–Crippen MR) is 86.6 cm³/mol. The van der Waals surface area contributed by atoms with Gasteiger partial charge in [-0.25, -0.2) is 0 Å². The van der Waals surface area contributed by atoms with Crippen LogP contribution in [0.2, 0.25) is 10.0 Å². The zero-order valence-electron chi connectivity index (χ0n) is 12.6. The summed E-state index contributed by atoms with van der Waals surface area (Å²) in [5.74, 6) is -1.44. The van der Waals surface area contributed by atoms with E-state index in [4.69, 9.17) is 23.2 Å². The molecule has 1 spiro atoms. The number of piperidine rings is 1. The molecular weight excluding hydrogens is 339 g/mol. The van der Waals surface area contributed by atoms with Crippen LogP contribution in [-0.2, 0) is 14.4 Å². The second kappa shape index (κ2) is 5.80. The standard InChI is InChI=1S/C16H16Cl2N2O3/c1-9(21)20-6-4-16(5-7-20)14(22)13(15(23)19-16)11-3-2-10(17)8-12(11)18/h2-3,8,13H,4-7H2,1H3,(H,19,23). The van der Waals surface area contributed by atoms with Gasteiger partial charge in [0.2, 0.25) is 11.8 Å². The molecule has 2 aliphatic rings. The van der Waals surface area contributed by atoms with E-state index in [-0.39, 0.29) is 17.6 Å². The van der Waals surface area contributed by atoms with Gasteiger partial charge in [-0.05, 0) is 30.5 Å². The first kappa shape index (κ1) is 16.3. The van der Waals surface area contributed by atoms with Crippen LogP contribution < -0.4 is 5.32 Å². The third kappa shape index (κ3) is 2.72. The molecule has 0 saturated carbocycles. The molecule has 23 heavy (non-hydrogen) atoms. The number of Topliss-reactive ketones (excluding diaryl/α,β-unsaturated/α-hetero) is 1. The van der Waals surface area contributed by atoms with Gasteiger partial charge >= 0.3 is 0 Å². The van der Waals surface area contributed by atoms with Crippen LogP contribution in [0.15, 0.2) is 18.2 Å². The topological polar surface area (TPSA) is 66.5 Å². The lowest BCUT2D eigenvalue weighted by atomic mass is 9.80. The Labute approximate surface area is 143 Å². The summed E-state index contributed by atoms with van der Waals surface area (Å²) in [5, 5.41) is 3.61. The van der Waals surface area contributed by atoms with Gasteiger partial charge in [-0.1, -0.05) is 29.3 Å². The highest BCUT2D eigenvalue weighted by atomic mass is 35.5. The molecule has 2 aliphatic heterocycles. The summed E-state index contributed by atoms with van der Waals surface area (Å²) in [4.78, 5) is 38.5. The molecule has 2 heterocycles. The average molecular weight is 355 g/mol. The van der Waals surface area contributed by atoms with Crippen molar-refractivity contribution < 1.29 is 14.4 Å². The van der Waals surface area contributed by atoms with E-state index >= 15 is 0 Å². The second-order valence-electron chi connectivity index (χ2n) is 6.04. The van der Waals surface area contributed by atoms with Gasteiger partial charge in [0.25, 0.3) is 0 Å². The van der Waals surface area contributed by atoms with Crippen molar-refractivity contribution in [2.75, 3.05) is 13.1 Å². The fraction of sp³-hybridized carbons (Fsp3) is 0.438. The first-order chi connectivity index (χ1) is 10.8. The Morgan fingerprint density at radius 1 is 1.26 bits per heavy atom. The first-order valence-corrected chi connectivity index (χ1v) is 8.16. The number of hydrogen-bond donors (Lipinski definition) is 1. The predicted octanol–water partition coefficient (Wildman–Crippen LogP) is 2.16. The normalized spacial score (nSPS) is 23.3. The summed E-state index contributed by atoms with van der Waals surface area (Å²) in [6, 6.07) is 4.77. The van der Waals surface area contributed by atoms with Gasteiger partial charge in [0.05, 0.1) is 0 Å². The third-order valence-electron chi connectivity index (χ3n) is 4.69. The van der Waals surface area contributed by atoms with Crippen molar-refractivity contribution in [3.63, 3.8) is 0 Å². The molecule has 1 aromatic carbocycles. The Kier molecular flexibility index (Phi) is 4.10. The molecule has 1 N–H and O–H groups in total. The van der Waals surface area contributed by atoms with Gasteiger partial charge in [0.1, 0.15) is 11.5 Å². The molecule has 2 saturated heterocycles. The van der Waals surface area contributed by atoms with E-state index in [1.807, 2.05) is 0 Å². The number of halogens is 2. The molecule has 1 unspecified atom stereocenters. The number of likely N-dealkylation sites (tertiary alicyclic amines) is 1. The summed E-state index contributed by atoms with van der Waals surface area (Å²) in [6.07, 6.45) is 0.859. The summed E-state index contributed by atoms with van der Waals surface area (Å²) < 4.78 is 0. The number of benzene rings is 1. The number of nitrogens with zero attached hydrogens (tertiary/aromatic N) is 1. The van der Waals surface area contributed by atoms with Crippen molar-refractivity contribution in [2.24, 2.45) is 0 Å². The van der Waals surface area contributed by atoms with Crippen LogP contribution >= 0.6 is 23.2 Å². The quantitative estimate of drug-likeness (QED) is 0.785. The van der Waals surface area contributed by atoms with Crippen LogP contribution in [-0.4, -0.2) is 41.1 Å². The van der Waals surface area contributed by atoms with Crippen molar-refractivity contribution in [3.05, 3.63) is 33.8 Å². The van der Waals surface area contributed by atoms with Crippen molar-refractivity contribution in [2.45, 2.75) is 31.2 Å². The van der Waals surface area contributed by atoms with Crippen LogP contribution in [0.3, 0.4) is 0 Å². The minimum Gasteiger partial charge on any atom is -0.343 e. The molecule has 0 aliphatic carbocycles. The van der Waals surface area contributed by atoms with E-state index in [1.165, 1.54) is 13.0 Å². The largest absolute Gasteiger partial charge is 0.343 e. The molecule has 2 fully saturated rings. The Hall–Kier alpha value is -1.59. The van der Waals surface area contributed by atoms with Crippen molar-refractivity contribution in [3.8, 4) is 0 Å². The monoisotopic (exact) mass is 354 g/mol. The van der Waals surface area contributed by atoms with Crippen molar-refractivity contribution >= 4 is 40.8 Å². The fourth-order valence-corrected chi connectivity index (χ4v) is 3.88. The van der Waals surface area contributed by atoms with Gasteiger partial charge in [-0.2, -0.15) is 0 Å². The molecule has 0 radical (unpaired) electrons. The Bertz CT molecular complexity index is 697. The number of amides is 2. The maximum Gasteiger partial charge on any atom is 0.236 e. The maximum atomic E-state index is 12.9. The second-order valence-corrected chi connectivity index (χ2v) is 6.88. The number of carbonyl (C=O) groups is 3.